The number of carbonyl (C=O) groups is 1. The Balaban J connectivity index is 1.56. The summed E-state index contributed by atoms with van der Waals surface area (Å²) >= 11 is 0. The number of hydrogen-bond donors (Lipinski definition) is 1. The van der Waals surface area contributed by atoms with Gasteiger partial charge in [-0.1, -0.05) is 12.0 Å². The molecule has 1 aliphatic rings. The number of terminal acetylenes is 1. The number of carbonyl (C=O) groups excluding carboxylic acids is 1. The normalized spacial score (nSPS) is 14.4. The van der Waals surface area contributed by atoms with Crippen molar-refractivity contribution in [2.75, 3.05) is 18.5 Å². The predicted octanol–water partition coefficient (Wildman–Crippen LogP) is 4.06. The van der Waals surface area contributed by atoms with Crippen LogP contribution in [0.15, 0.2) is 48.7 Å². The molecule has 1 aliphatic heterocycles. The lowest BCUT2D eigenvalue weighted by molar-refractivity contribution is -0.116. The van der Waals surface area contributed by atoms with E-state index in [1.54, 1.807) is 18.2 Å². The molecule has 2 aromatic heterocycles. The summed E-state index contributed by atoms with van der Waals surface area (Å²) in [5, 5.41) is 15.7. The number of rotatable bonds is 7. The zero-order valence-electron chi connectivity index (χ0n) is 20.2. The molecule has 186 valence electrons. The van der Waals surface area contributed by atoms with Crippen molar-refractivity contribution in [2.24, 2.45) is 0 Å². The summed E-state index contributed by atoms with van der Waals surface area (Å²) in [6, 6.07) is 11.5. The maximum absolute atomic E-state index is 13.4. The third-order valence-corrected chi connectivity index (χ3v) is 5.96. The molecule has 5 rings (SSSR count). The molecule has 1 unspecified atom stereocenters. The number of aromatic nitrogens is 5. The van der Waals surface area contributed by atoms with E-state index in [1.807, 2.05) is 26.0 Å². The molecular formula is C27H23FN6O3. The van der Waals surface area contributed by atoms with Crippen molar-refractivity contribution in [3.8, 4) is 41.0 Å². The number of hydrogen-bond acceptors (Lipinski definition) is 7. The summed E-state index contributed by atoms with van der Waals surface area (Å²) < 4.78 is 26.2. The summed E-state index contributed by atoms with van der Waals surface area (Å²) in [4.78, 5) is 17.4. The third-order valence-electron chi connectivity index (χ3n) is 5.96. The first kappa shape index (κ1) is 23.9. The fourth-order valence-electron chi connectivity index (χ4n) is 4.37. The van der Waals surface area contributed by atoms with E-state index >= 15 is 0 Å². The highest BCUT2D eigenvalue weighted by molar-refractivity contribution is 5.95. The summed E-state index contributed by atoms with van der Waals surface area (Å²) in [5.41, 5.74) is 3.59. The Morgan fingerprint density at radius 3 is 2.76 bits per heavy atom. The Bertz CT molecular complexity index is 1510. The molecule has 0 saturated carbocycles. The summed E-state index contributed by atoms with van der Waals surface area (Å²) in [5.74, 6) is 3.38. The Kier molecular flexibility index (Phi) is 6.51. The van der Waals surface area contributed by atoms with Crippen molar-refractivity contribution >= 4 is 11.7 Å². The summed E-state index contributed by atoms with van der Waals surface area (Å²) in [6.45, 7) is 4.31. The highest BCUT2D eigenvalue weighted by atomic mass is 19.1. The first-order valence-electron chi connectivity index (χ1n) is 11.7. The van der Waals surface area contributed by atoms with Crippen molar-refractivity contribution in [1.29, 1.82) is 0 Å². The lowest BCUT2D eigenvalue weighted by atomic mass is 9.85. The van der Waals surface area contributed by atoms with E-state index in [4.69, 9.17) is 15.9 Å². The average Bonchev–Trinajstić information content (AvgIpc) is 3.24. The van der Waals surface area contributed by atoms with Gasteiger partial charge in [0.1, 0.15) is 18.2 Å². The fourth-order valence-corrected chi connectivity index (χ4v) is 4.37. The number of nitrogens with one attached hydrogen (secondary N) is 1. The van der Waals surface area contributed by atoms with Crippen LogP contribution in [0.3, 0.4) is 0 Å². The Morgan fingerprint density at radius 1 is 1.19 bits per heavy atom. The van der Waals surface area contributed by atoms with Crippen LogP contribution < -0.4 is 14.8 Å². The smallest absolute Gasteiger partial charge is 0.272 e. The molecule has 0 bridgehead atoms. The molecule has 0 radical (unpaired) electrons. The molecule has 0 spiro atoms. The average molecular weight is 499 g/mol. The monoisotopic (exact) mass is 498 g/mol. The van der Waals surface area contributed by atoms with Gasteiger partial charge in [-0.3, -0.25) is 4.79 Å². The van der Waals surface area contributed by atoms with Crippen LogP contribution in [0.4, 0.5) is 10.2 Å². The molecule has 0 fully saturated rings. The number of nitrogens with zero attached hydrogens (tertiary/aromatic N) is 5. The molecule has 10 heteroatoms. The fraction of sp³-hybridized carbons (Fsp3) is 0.222. The summed E-state index contributed by atoms with van der Waals surface area (Å²) in [6.07, 6.45) is 7.04. The lowest BCUT2D eigenvalue weighted by Gasteiger charge is -2.25. The van der Waals surface area contributed by atoms with E-state index in [-0.39, 0.29) is 36.6 Å². The van der Waals surface area contributed by atoms with E-state index < -0.39 is 0 Å². The summed E-state index contributed by atoms with van der Waals surface area (Å²) in [7, 11) is 0. The molecule has 4 aromatic rings. The maximum atomic E-state index is 13.4. The molecule has 2 aromatic carbocycles. The Labute approximate surface area is 212 Å². The molecule has 37 heavy (non-hydrogen) atoms. The van der Waals surface area contributed by atoms with Crippen molar-refractivity contribution in [3.63, 3.8) is 0 Å². The molecule has 0 saturated heterocycles. The van der Waals surface area contributed by atoms with Crippen LogP contribution in [0.1, 0.15) is 36.1 Å². The van der Waals surface area contributed by atoms with Crippen molar-refractivity contribution in [1.82, 2.24) is 25.0 Å². The van der Waals surface area contributed by atoms with Crippen molar-refractivity contribution in [2.45, 2.75) is 26.2 Å². The minimum atomic E-state index is -0.348. The zero-order valence-corrected chi connectivity index (χ0v) is 20.2. The van der Waals surface area contributed by atoms with Gasteiger partial charge in [-0.25, -0.2) is 9.37 Å². The molecular weight excluding hydrogens is 475 g/mol. The molecule has 9 nitrogen and oxygen atoms in total. The molecule has 1 atom stereocenters. The van der Waals surface area contributed by atoms with E-state index in [1.165, 1.54) is 23.0 Å². The van der Waals surface area contributed by atoms with Crippen LogP contribution in [0, 0.1) is 25.1 Å². The van der Waals surface area contributed by atoms with E-state index in [0.717, 1.165) is 11.1 Å². The Hall–Kier alpha value is -4.78. The first-order chi connectivity index (χ1) is 18.0. The van der Waals surface area contributed by atoms with E-state index in [2.05, 4.69) is 31.5 Å². The van der Waals surface area contributed by atoms with Crippen LogP contribution in [-0.4, -0.2) is 44.1 Å². The van der Waals surface area contributed by atoms with Crippen LogP contribution in [0.25, 0.3) is 17.2 Å². The minimum Gasteiger partial charge on any atom is -0.490 e. The number of fused-ring (bicyclic) bond motifs is 1. The standard InChI is InChI=1S/C27H23FN6O3/c1-4-12-37-22-11-8-18(13-23(22)36-5-2)20-14-24(35)31-26-25(20)16(3)33-34(26)27-30-21(15-29-32-27)17-6-9-19(28)10-7-17/h1,6-11,13,15,20H,5,12,14H2,2-3H3,(H,31,35). The SMILES string of the molecule is C#CCOc1ccc(C2CC(=O)Nc3c2c(C)nn3-c2nncc(-c3ccc(F)cc3)n2)cc1OCC. The quantitative estimate of drug-likeness (QED) is 0.383. The topological polar surface area (TPSA) is 104 Å². The molecule has 1 amide bonds. The van der Waals surface area contributed by atoms with Crippen LogP contribution in [0.5, 0.6) is 11.5 Å². The van der Waals surface area contributed by atoms with Gasteiger partial charge in [0.2, 0.25) is 5.91 Å². The predicted molar refractivity (Wildman–Crippen MR) is 134 cm³/mol. The van der Waals surface area contributed by atoms with Gasteiger partial charge < -0.3 is 14.8 Å². The van der Waals surface area contributed by atoms with Crippen molar-refractivity contribution in [3.05, 3.63) is 71.3 Å². The first-order valence-corrected chi connectivity index (χ1v) is 11.7. The van der Waals surface area contributed by atoms with Crippen LogP contribution >= 0.6 is 0 Å². The van der Waals surface area contributed by atoms with Gasteiger partial charge in [0.25, 0.3) is 5.95 Å². The van der Waals surface area contributed by atoms with Crippen molar-refractivity contribution < 1.29 is 18.7 Å². The number of anilines is 1. The molecule has 3 heterocycles. The molecule has 1 N–H and O–H groups in total. The van der Waals surface area contributed by atoms with E-state index in [0.29, 0.717) is 40.9 Å². The second kappa shape index (κ2) is 10.1. The van der Waals surface area contributed by atoms with Crippen LogP contribution in [0.2, 0.25) is 0 Å². The number of halogens is 1. The Morgan fingerprint density at radius 2 is 2.00 bits per heavy atom. The number of amides is 1. The minimum absolute atomic E-state index is 0.117. The van der Waals surface area contributed by atoms with Gasteiger partial charge in [0.05, 0.1) is 24.2 Å². The van der Waals surface area contributed by atoms with Gasteiger partial charge in [-0.2, -0.15) is 14.9 Å². The highest BCUT2D eigenvalue weighted by Gasteiger charge is 2.34. The second-order valence-corrected chi connectivity index (χ2v) is 8.34. The van der Waals surface area contributed by atoms with E-state index in [9.17, 15) is 9.18 Å². The van der Waals surface area contributed by atoms with Gasteiger partial charge in [-0.15, -0.1) is 11.5 Å². The van der Waals surface area contributed by atoms with Gasteiger partial charge in [0.15, 0.2) is 11.5 Å². The second-order valence-electron chi connectivity index (χ2n) is 8.34. The number of aryl methyl sites for hydroxylation is 1. The van der Waals surface area contributed by atoms with Gasteiger partial charge in [0, 0.05) is 23.5 Å². The largest absolute Gasteiger partial charge is 0.490 e. The highest BCUT2D eigenvalue weighted by Crippen LogP contribution is 2.42. The molecule has 0 aliphatic carbocycles. The lowest BCUT2D eigenvalue weighted by Crippen LogP contribution is -2.25. The number of ether oxygens (including phenoxy) is 2. The third kappa shape index (κ3) is 4.71. The van der Waals surface area contributed by atoms with Crippen LogP contribution in [-0.2, 0) is 4.79 Å². The number of benzene rings is 2. The zero-order chi connectivity index (χ0) is 25.9. The maximum Gasteiger partial charge on any atom is 0.272 e. The van der Waals surface area contributed by atoms with Gasteiger partial charge >= 0.3 is 0 Å². The van der Waals surface area contributed by atoms with Gasteiger partial charge in [-0.05, 0) is 55.8 Å².